The van der Waals surface area contributed by atoms with E-state index >= 15 is 0 Å². The predicted molar refractivity (Wildman–Crippen MR) is 115 cm³/mol. The van der Waals surface area contributed by atoms with E-state index in [-0.39, 0.29) is 6.10 Å². The van der Waals surface area contributed by atoms with Crippen LogP contribution in [0.25, 0.3) is 11.3 Å². The topological polar surface area (TPSA) is 50.5 Å². The molecular formula is C23H26ClN3O2. The molecule has 1 N–H and O–H groups in total. The number of aromatic nitrogens is 2. The highest BCUT2D eigenvalue weighted by Gasteiger charge is 2.32. The zero-order chi connectivity index (χ0) is 20.4. The van der Waals surface area contributed by atoms with Crippen LogP contribution in [0.1, 0.15) is 25.3 Å². The minimum Gasteiger partial charge on any atom is -0.437 e. The number of para-hydroxylation sites is 1. The van der Waals surface area contributed by atoms with Gasteiger partial charge in [0.2, 0.25) is 5.88 Å². The second-order valence-electron chi connectivity index (χ2n) is 7.66. The van der Waals surface area contributed by atoms with Crippen LogP contribution in [0.15, 0.2) is 54.6 Å². The quantitative estimate of drug-likeness (QED) is 0.574. The monoisotopic (exact) mass is 411 g/mol. The van der Waals surface area contributed by atoms with E-state index in [1.54, 1.807) is 4.68 Å². The number of halogens is 1. The van der Waals surface area contributed by atoms with Crippen LogP contribution in [0.4, 0.5) is 0 Å². The van der Waals surface area contributed by atoms with E-state index in [9.17, 15) is 5.11 Å². The molecule has 6 heteroatoms. The molecule has 0 saturated heterocycles. The average Bonchev–Trinajstić information content (AvgIpc) is 3.51. The molecule has 4 rings (SSSR count). The summed E-state index contributed by atoms with van der Waals surface area (Å²) in [4.78, 5) is 2.33. The van der Waals surface area contributed by atoms with Crippen molar-refractivity contribution < 1.29 is 9.84 Å². The van der Waals surface area contributed by atoms with Crippen molar-refractivity contribution >= 4 is 11.6 Å². The van der Waals surface area contributed by atoms with Gasteiger partial charge in [-0.05, 0) is 31.9 Å². The lowest BCUT2D eigenvalue weighted by Crippen LogP contribution is -2.32. The fraction of sp³-hybridized carbons (Fsp3) is 0.348. The SMILES string of the molecule is CC(O)CN(Cc1c(-c2ccccc2)nn(C)c1Oc1ccccc1Cl)C1CC1. The lowest BCUT2D eigenvalue weighted by atomic mass is 10.1. The molecule has 1 aliphatic rings. The van der Waals surface area contributed by atoms with Crippen LogP contribution in [0.2, 0.25) is 5.02 Å². The lowest BCUT2D eigenvalue weighted by molar-refractivity contribution is 0.117. The molecule has 2 aromatic carbocycles. The second kappa shape index (κ2) is 8.57. The molecule has 5 nitrogen and oxygen atoms in total. The van der Waals surface area contributed by atoms with Crippen LogP contribution in [-0.4, -0.2) is 38.5 Å². The Kier molecular flexibility index (Phi) is 5.90. The molecule has 1 unspecified atom stereocenters. The van der Waals surface area contributed by atoms with E-state index in [1.807, 2.05) is 56.4 Å². The van der Waals surface area contributed by atoms with E-state index < -0.39 is 0 Å². The van der Waals surface area contributed by atoms with Gasteiger partial charge in [-0.1, -0.05) is 54.1 Å². The summed E-state index contributed by atoms with van der Waals surface area (Å²) in [6.45, 7) is 3.12. The van der Waals surface area contributed by atoms with E-state index in [0.29, 0.717) is 35.8 Å². The zero-order valence-corrected chi connectivity index (χ0v) is 17.5. The third kappa shape index (κ3) is 4.64. The van der Waals surface area contributed by atoms with E-state index in [1.165, 1.54) is 0 Å². The third-order valence-corrected chi connectivity index (χ3v) is 5.41. The zero-order valence-electron chi connectivity index (χ0n) is 16.8. The van der Waals surface area contributed by atoms with Crippen LogP contribution in [0.5, 0.6) is 11.6 Å². The standard InChI is InChI=1S/C23H26ClN3O2/c1-16(28)14-27(18-12-13-18)15-19-22(17-8-4-3-5-9-17)25-26(2)23(19)29-21-11-7-6-10-20(21)24/h3-11,16,18,28H,12-15H2,1-2H3. The number of rotatable bonds is 8. The van der Waals surface area contributed by atoms with Gasteiger partial charge in [-0.3, -0.25) is 4.90 Å². The van der Waals surface area contributed by atoms with Gasteiger partial charge in [0.05, 0.1) is 16.7 Å². The predicted octanol–water partition coefficient (Wildman–Crippen LogP) is 4.88. The maximum absolute atomic E-state index is 10.00. The summed E-state index contributed by atoms with van der Waals surface area (Å²) < 4.78 is 8.03. The number of nitrogens with zero attached hydrogens (tertiary/aromatic N) is 3. The summed E-state index contributed by atoms with van der Waals surface area (Å²) in [6, 6.07) is 18.1. The number of benzene rings is 2. The molecule has 1 aromatic heterocycles. The van der Waals surface area contributed by atoms with Crippen molar-refractivity contribution in [1.29, 1.82) is 0 Å². The first-order valence-electron chi connectivity index (χ1n) is 9.98. The van der Waals surface area contributed by atoms with Gasteiger partial charge in [-0.2, -0.15) is 5.10 Å². The molecule has 29 heavy (non-hydrogen) atoms. The minimum absolute atomic E-state index is 0.389. The Morgan fingerprint density at radius 2 is 1.86 bits per heavy atom. The van der Waals surface area contributed by atoms with Crippen molar-refractivity contribution in [2.45, 2.75) is 38.5 Å². The first-order valence-corrected chi connectivity index (χ1v) is 10.4. The van der Waals surface area contributed by atoms with Gasteiger partial charge in [0.15, 0.2) is 0 Å². The van der Waals surface area contributed by atoms with Gasteiger partial charge < -0.3 is 9.84 Å². The van der Waals surface area contributed by atoms with Crippen LogP contribution >= 0.6 is 11.6 Å². The van der Waals surface area contributed by atoms with Gasteiger partial charge in [0.1, 0.15) is 11.4 Å². The summed E-state index contributed by atoms with van der Waals surface area (Å²) in [7, 11) is 1.89. The van der Waals surface area contributed by atoms with Crippen molar-refractivity contribution in [1.82, 2.24) is 14.7 Å². The van der Waals surface area contributed by atoms with Crippen molar-refractivity contribution in [2.75, 3.05) is 6.54 Å². The maximum atomic E-state index is 10.00. The molecular weight excluding hydrogens is 386 g/mol. The van der Waals surface area contributed by atoms with Crippen LogP contribution in [0.3, 0.4) is 0 Å². The van der Waals surface area contributed by atoms with E-state index in [4.69, 9.17) is 21.4 Å². The third-order valence-electron chi connectivity index (χ3n) is 5.10. The molecule has 0 bridgehead atoms. The summed E-state index contributed by atoms with van der Waals surface area (Å²) in [6.07, 6.45) is 1.93. The summed E-state index contributed by atoms with van der Waals surface area (Å²) in [5.74, 6) is 1.28. The fourth-order valence-corrected chi connectivity index (χ4v) is 3.78. The van der Waals surface area contributed by atoms with Gasteiger partial charge >= 0.3 is 0 Å². The van der Waals surface area contributed by atoms with Crippen LogP contribution < -0.4 is 4.74 Å². The van der Waals surface area contributed by atoms with Gasteiger partial charge in [-0.25, -0.2) is 4.68 Å². The minimum atomic E-state index is -0.389. The second-order valence-corrected chi connectivity index (χ2v) is 8.07. The molecule has 1 atom stereocenters. The Morgan fingerprint density at radius 3 is 2.52 bits per heavy atom. The first-order chi connectivity index (χ1) is 14.0. The first kappa shape index (κ1) is 20.0. The summed E-state index contributed by atoms with van der Waals surface area (Å²) in [5, 5.41) is 15.3. The Labute approximate surface area is 176 Å². The number of aliphatic hydroxyl groups excluding tert-OH is 1. The van der Waals surface area contributed by atoms with E-state index in [2.05, 4.69) is 17.0 Å². The van der Waals surface area contributed by atoms with Crippen molar-refractivity contribution in [3.8, 4) is 22.9 Å². The molecule has 1 fully saturated rings. The van der Waals surface area contributed by atoms with E-state index in [0.717, 1.165) is 29.7 Å². The largest absolute Gasteiger partial charge is 0.437 e. The number of aliphatic hydroxyl groups is 1. The van der Waals surface area contributed by atoms with Gasteiger partial charge in [0.25, 0.3) is 0 Å². The molecule has 1 saturated carbocycles. The molecule has 0 spiro atoms. The maximum Gasteiger partial charge on any atom is 0.222 e. The Bertz CT molecular complexity index is 968. The molecule has 1 aliphatic carbocycles. The normalized spacial score (nSPS) is 14.9. The number of hydrogen-bond donors (Lipinski definition) is 1. The highest BCUT2D eigenvalue weighted by atomic mass is 35.5. The molecule has 152 valence electrons. The Hall–Kier alpha value is -2.34. The smallest absolute Gasteiger partial charge is 0.222 e. The lowest BCUT2D eigenvalue weighted by Gasteiger charge is -2.24. The van der Waals surface area contributed by atoms with Crippen molar-refractivity contribution in [2.24, 2.45) is 7.05 Å². The molecule has 0 amide bonds. The number of hydrogen-bond acceptors (Lipinski definition) is 4. The molecule has 3 aromatic rings. The summed E-state index contributed by atoms with van der Waals surface area (Å²) in [5.41, 5.74) is 2.94. The summed E-state index contributed by atoms with van der Waals surface area (Å²) >= 11 is 6.34. The highest BCUT2D eigenvalue weighted by Crippen LogP contribution is 2.38. The fourth-order valence-electron chi connectivity index (χ4n) is 3.61. The highest BCUT2D eigenvalue weighted by molar-refractivity contribution is 6.32. The van der Waals surface area contributed by atoms with Gasteiger partial charge in [-0.15, -0.1) is 0 Å². The van der Waals surface area contributed by atoms with Crippen molar-refractivity contribution in [3.05, 3.63) is 65.2 Å². The number of aryl methyl sites for hydroxylation is 1. The van der Waals surface area contributed by atoms with Gasteiger partial charge in [0, 0.05) is 31.7 Å². The number of ether oxygens (including phenoxy) is 1. The molecule has 1 heterocycles. The Morgan fingerprint density at radius 1 is 1.17 bits per heavy atom. The van der Waals surface area contributed by atoms with Crippen LogP contribution in [0, 0.1) is 0 Å². The van der Waals surface area contributed by atoms with Crippen molar-refractivity contribution in [3.63, 3.8) is 0 Å². The average molecular weight is 412 g/mol. The van der Waals surface area contributed by atoms with Crippen LogP contribution in [-0.2, 0) is 13.6 Å². The Balaban J connectivity index is 1.75. The molecule has 0 radical (unpaired) electrons. The molecule has 0 aliphatic heterocycles.